The molecule has 1 aliphatic rings. The summed E-state index contributed by atoms with van der Waals surface area (Å²) in [6.45, 7) is 1.22. The number of carbonyl (C=O) groups is 2. The molecule has 0 aliphatic carbocycles. The van der Waals surface area contributed by atoms with E-state index in [1.165, 1.54) is 4.90 Å². The molecule has 0 radical (unpaired) electrons. The van der Waals surface area contributed by atoms with Crippen molar-refractivity contribution >= 4 is 35.1 Å². The van der Waals surface area contributed by atoms with E-state index in [4.69, 9.17) is 0 Å². The van der Waals surface area contributed by atoms with Crippen LogP contribution >= 0.6 is 11.8 Å². The Labute approximate surface area is 158 Å². The third-order valence-electron chi connectivity index (χ3n) is 4.44. The summed E-state index contributed by atoms with van der Waals surface area (Å²) in [7, 11) is 1.77. The van der Waals surface area contributed by atoms with Gasteiger partial charge in [0.15, 0.2) is 0 Å². The number of hydrogen-bond acceptors (Lipinski definition) is 3. The van der Waals surface area contributed by atoms with Gasteiger partial charge >= 0.3 is 6.03 Å². The number of thioether (sulfide) groups is 1. The molecular weight excluding hydrogens is 346 g/mol. The monoisotopic (exact) mass is 369 g/mol. The smallest absolute Gasteiger partial charge is 0.321 e. The first kappa shape index (κ1) is 18.3. The second-order valence-electron chi connectivity index (χ2n) is 6.30. The standard InChI is InChI=1S/C20H23N3O2S/c1-22(14-15-9-11-16(26-2)12-10-15)20(25)21-17-6-3-4-7-18(17)23-13-5-8-19(23)24/h3-4,6-7,9-12H,5,8,13-14H2,1-2H3,(H,21,25). The van der Waals surface area contributed by atoms with E-state index in [0.717, 1.165) is 17.7 Å². The minimum absolute atomic E-state index is 0.105. The molecule has 0 aromatic heterocycles. The first-order valence-corrected chi connectivity index (χ1v) is 9.85. The van der Waals surface area contributed by atoms with Gasteiger partial charge in [0.05, 0.1) is 11.4 Å². The average molecular weight is 369 g/mol. The number of hydrogen-bond donors (Lipinski definition) is 1. The van der Waals surface area contributed by atoms with E-state index in [9.17, 15) is 9.59 Å². The van der Waals surface area contributed by atoms with E-state index in [0.29, 0.717) is 25.2 Å². The minimum Gasteiger partial charge on any atom is -0.323 e. The molecule has 2 aromatic rings. The number of nitrogens with zero attached hydrogens (tertiary/aromatic N) is 2. The van der Waals surface area contributed by atoms with Crippen LogP contribution in [0, 0.1) is 0 Å². The Bertz CT molecular complexity index is 792. The second-order valence-corrected chi connectivity index (χ2v) is 7.18. The van der Waals surface area contributed by atoms with E-state index in [2.05, 4.69) is 17.4 Å². The van der Waals surface area contributed by atoms with Crippen LogP contribution in [0.15, 0.2) is 53.4 Å². The molecule has 1 aliphatic heterocycles. The minimum atomic E-state index is -0.196. The zero-order valence-corrected chi connectivity index (χ0v) is 15.9. The zero-order valence-electron chi connectivity index (χ0n) is 15.1. The van der Waals surface area contributed by atoms with Crippen LogP contribution < -0.4 is 10.2 Å². The van der Waals surface area contributed by atoms with Crippen LogP contribution in [0.3, 0.4) is 0 Å². The van der Waals surface area contributed by atoms with Crippen LogP contribution in [0.2, 0.25) is 0 Å². The van der Waals surface area contributed by atoms with Crippen molar-refractivity contribution < 1.29 is 9.59 Å². The van der Waals surface area contributed by atoms with Gasteiger partial charge in [-0.1, -0.05) is 24.3 Å². The number of para-hydroxylation sites is 2. The molecule has 1 fully saturated rings. The highest BCUT2D eigenvalue weighted by atomic mass is 32.2. The molecule has 136 valence electrons. The van der Waals surface area contributed by atoms with Gasteiger partial charge < -0.3 is 15.1 Å². The van der Waals surface area contributed by atoms with E-state index >= 15 is 0 Å². The molecule has 1 saturated heterocycles. The van der Waals surface area contributed by atoms with Crippen molar-refractivity contribution in [2.45, 2.75) is 24.3 Å². The highest BCUT2D eigenvalue weighted by Gasteiger charge is 2.24. The lowest BCUT2D eigenvalue weighted by atomic mass is 10.2. The van der Waals surface area contributed by atoms with Crippen LogP contribution in [0.1, 0.15) is 18.4 Å². The molecule has 3 amide bonds. The van der Waals surface area contributed by atoms with Crippen molar-refractivity contribution in [1.29, 1.82) is 0 Å². The number of urea groups is 1. The summed E-state index contributed by atoms with van der Waals surface area (Å²) in [6, 6.07) is 15.4. The van der Waals surface area contributed by atoms with Crippen molar-refractivity contribution in [1.82, 2.24) is 4.90 Å². The summed E-state index contributed by atoms with van der Waals surface area (Å²) in [4.78, 5) is 29.2. The maximum absolute atomic E-state index is 12.6. The Hall–Kier alpha value is -2.47. The van der Waals surface area contributed by atoms with Crippen LogP contribution in [-0.4, -0.2) is 36.7 Å². The molecule has 3 rings (SSSR count). The maximum atomic E-state index is 12.6. The molecule has 2 aromatic carbocycles. The Morgan fingerprint density at radius 3 is 2.58 bits per heavy atom. The first-order chi connectivity index (χ1) is 12.6. The van der Waals surface area contributed by atoms with Gasteiger partial charge in [0, 0.05) is 31.5 Å². The van der Waals surface area contributed by atoms with Gasteiger partial charge in [-0.3, -0.25) is 4.79 Å². The molecule has 1 heterocycles. The van der Waals surface area contributed by atoms with Crippen molar-refractivity contribution in [2.75, 3.05) is 30.1 Å². The van der Waals surface area contributed by atoms with Gasteiger partial charge in [0.1, 0.15) is 0 Å². The van der Waals surface area contributed by atoms with E-state index in [1.807, 2.05) is 42.7 Å². The lowest BCUT2D eigenvalue weighted by Gasteiger charge is -2.23. The van der Waals surface area contributed by atoms with Gasteiger partial charge in [-0.2, -0.15) is 0 Å². The number of anilines is 2. The van der Waals surface area contributed by atoms with E-state index in [1.54, 1.807) is 28.6 Å². The maximum Gasteiger partial charge on any atom is 0.321 e. The van der Waals surface area contributed by atoms with Crippen LogP contribution in [0.4, 0.5) is 16.2 Å². The molecular formula is C20H23N3O2S. The summed E-state index contributed by atoms with van der Waals surface area (Å²) in [6.07, 6.45) is 3.46. The first-order valence-electron chi connectivity index (χ1n) is 8.63. The van der Waals surface area contributed by atoms with Crippen LogP contribution in [0.25, 0.3) is 0 Å². The van der Waals surface area contributed by atoms with Crippen LogP contribution in [0.5, 0.6) is 0 Å². The quantitative estimate of drug-likeness (QED) is 0.804. The van der Waals surface area contributed by atoms with Crippen molar-refractivity contribution in [3.8, 4) is 0 Å². The Morgan fingerprint density at radius 2 is 1.92 bits per heavy atom. The molecule has 0 saturated carbocycles. The highest BCUT2D eigenvalue weighted by Crippen LogP contribution is 2.29. The Morgan fingerprint density at radius 1 is 1.19 bits per heavy atom. The normalized spacial score (nSPS) is 13.8. The molecule has 1 N–H and O–H groups in total. The Balaban J connectivity index is 1.68. The number of rotatable bonds is 5. The van der Waals surface area contributed by atoms with E-state index in [-0.39, 0.29) is 11.9 Å². The predicted octanol–water partition coefficient (Wildman–Crippen LogP) is 4.20. The summed E-state index contributed by atoms with van der Waals surface area (Å²) in [5, 5.41) is 2.94. The molecule has 0 bridgehead atoms. The summed E-state index contributed by atoms with van der Waals surface area (Å²) >= 11 is 1.69. The average Bonchev–Trinajstić information content (AvgIpc) is 3.08. The third-order valence-corrected chi connectivity index (χ3v) is 5.18. The molecule has 0 atom stereocenters. The molecule has 0 unspecified atom stereocenters. The SMILES string of the molecule is CSc1ccc(CN(C)C(=O)Nc2ccccc2N2CCCC2=O)cc1. The lowest BCUT2D eigenvalue weighted by Crippen LogP contribution is -2.32. The summed E-state index contributed by atoms with van der Waals surface area (Å²) in [5.41, 5.74) is 2.50. The number of benzene rings is 2. The van der Waals surface area contributed by atoms with Gasteiger partial charge in [0.2, 0.25) is 5.91 Å². The fraction of sp³-hybridized carbons (Fsp3) is 0.300. The molecule has 5 nitrogen and oxygen atoms in total. The number of nitrogens with one attached hydrogen (secondary N) is 1. The fourth-order valence-electron chi connectivity index (χ4n) is 3.00. The zero-order chi connectivity index (χ0) is 18.5. The van der Waals surface area contributed by atoms with Gasteiger partial charge in [-0.15, -0.1) is 11.8 Å². The largest absolute Gasteiger partial charge is 0.323 e. The fourth-order valence-corrected chi connectivity index (χ4v) is 3.41. The van der Waals surface area contributed by atoms with Gasteiger partial charge in [0.25, 0.3) is 0 Å². The lowest BCUT2D eigenvalue weighted by molar-refractivity contribution is -0.117. The Kier molecular flexibility index (Phi) is 5.83. The predicted molar refractivity (Wildman–Crippen MR) is 107 cm³/mol. The van der Waals surface area contributed by atoms with Gasteiger partial charge in [-0.25, -0.2) is 4.79 Å². The molecule has 6 heteroatoms. The van der Waals surface area contributed by atoms with Gasteiger partial charge in [-0.05, 0) is 42.5 Å². The second kappa shape index (κ2) is 8.27. The van der Waals surface area contributed by atoms with Crippen LogP contribution in [-0.2, 0) is 11.3 Å². The molecule has 26 heavy (non-hydrogen) atoms. The summed E-state index contributed by atoms with van der Waals surface area (Å²) in [5.74, 6) is 0.105. The topological polar surface area (TPSA) is 52.7 Å². The van der Waals surface area contributed by atoms with Crippen molar-refractivity contribution in [2.24, 2.45) is 0 Å². The number of carbonyl (C=O) groups excluding carboxylic acids is 2. The van der Waals surface area contributed by atoms with Crippen molar-refractivity contribution in [3.05, 3.63) is 54.1 Å². The van der Waals surface area contributed by atoms with Crippen molar-refractivity contribution in [3.63, 3.8) is 0 Å². The molecule has 0 spiro atoms. The number of amides is 3. The third kappa shape index (κ3) is 4.19. The highest BCUT2D eigenvalue weighted by molar-refractivity contribution is 7.98. The summed E-state index contributed by atoms with van der Waals surface area (Å²) < 4.78 is 0. The van der Waals surface area contributed by atoms with E-state index < -0.39 is 0 Å².